The molecule has 2 rings (SSSR count). The van der Waals surface area contributed by atoms with E-state index in [1.165, 1.54) is 6.42 Å². The quantitative estimate of drug-likeness (QED) is 0.898. The number of nitrogens with zero attached hydrogens (tertiary/aromatic N) is 3. The summed E-state index contributed by atoms with van der Waals surface area (Å²) in [5, 5.41) is 19.1. The summed E-state index contributed by atoms with van der Waals surface area (Å²) in [4.78, 5) is 0. The predicted octanol–water partition coefficient (Wildman–Crippen LogP) is 2.72. The van der Waals surface area contributed by atoms with Crippen LogP contribution in [0.2, 0.25) is 0 Å². The molecule has 18 heavy (non-hydrogen) atoms. The Hall–Kier alpha value is -0.900. The lowest BCUT2D eigenvalue weighted by atomic mass is 9.65. The van der Waals surface area contributed by atoms with E-state index in [-0.39, 0.29) is 5.41 Å². The van der Waals surface area contributed by atoms with E-state index < -0.39 is 5.60 Å². The largest absolute Gasteiger partial charge is 0.383 e. The normalized spacial score (nSPS) is 31.5. The van der Waals surface area contributed by atoms with Crippen LogP contribution in [0.15, 0.2) is 6.20 Å². The third-order valence-electron chi connectivity index (χ3n) is 3.89. The molecule has 2 unspecified atom stereocenters. The molecule has 0 bridgehead atoms. The maximum Gasteiger partial charge on any atom is 0.109 e. The Balaban J connectivity index is 2.31. The van der Waals surface area contributed by atoms with Gasteiger partial charge in [-0.15, -0.1) is 5.10 Å². The molecule has 0 spiro atoms. The van der Waals surface area contributed by atoms with Crippen molar-refractivity contribution in [2.24, 2.45) is 11.3 Å². The van der Waals surface area contributed by atoms with Gasteiger partial charge >= 0.3 is 0 Å². The van der Waals surface area contributed by atoms with E-state index in [0.717, 1.165) is 31.5 Å². The summed E-state index contributed by atoms with van der Waals surface area (Å²) < 4.78 is 1.87. The fourth-order valence-electron chi connectivity index (χ4n) is 3.72. The first-order valence-electron chi connectivity index (χ1n) is 6.98. The zero-order valence-corrected chi connectivity index (χ0v) is 12.0. The molecule has 1 aliphatic rings. The van der Waals surface area contributed by atoms with Gasteiger partial charge in [0.2, 0.25) is 0 Å². The molecular weight excluding hydrogens is 226 g/mol. The zero-order valence-electron chi connectivity index (χ0n) is 12.0. The Morgan fingerprint density at radius 1 is 1.44 bits per heavy atom. The fourth-order valence-corrected chi connectivity index (χ4v) is 3.72. The lowest BCUT2D eigenvalue weighted by molar-refractivity contribution is -0.0695. The molecule has 0 aromatic carbocycles. The van der Waals surface area contributed by atoms with Gasteiger partial charge in [-0.1, -0.05) is 32.9 Å². The molecule has 102 valence electrons. The van der Waals surface area contributed by atoms with Crippen molar-refractivity contribution in [2.75, 3.05) is 0 Å². The number of aromatic nitrogens is 3. The van der Waals surface area contributed by atoms with E-state index in [1.54, 1.807) is 6.20 Å². The Morgan fingerprint density at radius 3 is 2.78 bits per heavy atom. The van der Waals surface area contributed by atoms with Gasteiger partial charge in [-0.05, 0) is 37.0 Å². The predicted molar refractivity (Wildman–Crippen MR) is 71.0 cm³/mol. The average molecular weight is 251 g/mol. The first kappa shape index (κ1) is 13.5. The Kier molecular flexibility index (Phi) is 3.49. The maximum absolute atomic E-state index is 11.0. The Labute approximate surface area is 109 Å². The number of rotatable bonds is 3. The van der Waals surface area contributed by atoms with Crippen LogP contribution < -0.4 is 0 Å². The third kappa shape index (κ3) is 2.58. The summed E-state index contributed by atoms with van der Waals surface area (Å²) in [5.74, 6) is 0.531. The van der Waals surface area contributed by atoms with Crippen LogP contribution in [0.25, 0.3) is 0 Å². The van der Waals surface area contributed by atoms with Crippen LogP contribution in [-0.2, 0) is 12.1 Å². The van der Waals surface area contributed by atoms with Crippen LogP contribution in [0.1, 0.15) is 59.1 Å². The molecule has 1 N–H and O–H groups in total. The number of hydrogen-bond acceptors (Lipinski definition) is 3. The molecule has 0 aliphatic heterocycles. The first-order valence-corrected chi connectivity index (χ1v) is 6.98. The van der Waals surface area contributed by atoms with Gasteiger partial charge in [0.25, 0.3) is 0 Å². The smallest absolute Gasteiger partial charge is 0.109 e. The number of aliphatic hydroxyl groups is 1. The molecule has 1 aromatic heterocycles. The molecule has 1 heterocycles. The molecule has 4 nitrogen and oxygen atoms in total. The molecule has 1 saturated carbocycles. The first-order chi connectivity index (χ1) is 8.36. The minimum atomic E-state index is -0.764. The van der Waals surface area contributed by atoms with Crippen molar-refractivity contribution < 1.29 is 5.11 Å². The van der Waals surface area contributed by atoms with Gasteiger partial charge in [-0.3, -0.25) is 0 Å². The van der Waals surface area contributed by atoms with E-state index in [2.05, 4.69) is 38.0 Å². The second-order valence-corrected chi connectivity index (χ2v) is 6.73. The lowest BCUT2D eigenvalue weighted by Gasteiger charge is -2.44. The van der Waals surface area contributed by atoms with Gasteiger partial charge in [0, 0.05) is 6.54 Å². The van der Waals surface area contributed by atoms with Gasteiger partial charge in [0.05, 0.1) is 11.9 Å². The summed E-state index contributed by atoms with van der Waals surface area (Å²) in [6.45, 7) is 9.64. The molecule has 4 heteroatoms. The molecule has 0 amide bonds. The highest BCUT2D eigenvalue weighted by molar-refractivity contribution is 5.12. The summed E-state index contributed by atoms with van der Waals surface area (Å²) in [7, 11) is 0. The highest BCUT2D eigenvalue weighted by Crippen LogP contribution is 2.48. The SMILES string of the molecule is CCCn1nncc1C1(O)CC(C)CC(C)(C)C1. The second-order valence-electron chi connectivity index (χ2n) is 6.73. The average Bonchev–Trinajstić information content (AvgIpc) is 2.62. The van der Waals surface area contributed by atoms with E-state index in [0.29, 0.717) is 5.92 Å². The van der Waals surface area contributed by atoms with Crippen molar-refractivity contribution in [2.45, 2.75) is 65.5 Å². The standard InChI is InChI=1S/C14H25N3O/c1-5-6-17-12(9-15-16-17)14(18)8-11(2)7-13(3,4)10-14/h9,11,18H,5-8,10H2,1-4H3. The second kappa shape index (κ2) is 4.65. The van der Waals surface area contributed by atoms with Crippen LogP contribution in [-0.4, -0.2) is 20.1 Å². The van der Waals surface area contributed by atoms with Gasteiger partial charge in [0.15, 0.2) is 0 Å². The van der Waals surface area contributed by atoms with E-state index >= 15 is 0 Å². The van der Waals surface area contributed by atoms with E-state index in [1.807, 2.05) is 4.68 Å². The summed E-state index contributed by atoms with van der Waals surface area (Å²) >= 11 is 0. The molecular formula is C14H25N3O. The van der Waals surface area contributed by atoms with E-state index in [9.17, 15) is 5.11 Å². The monoisotopic (exact) mass is 251 g/mol. The van der Waals surface area contributed by atoms with Crippen molar-refractivity contribution in [1.82, 2.24) is 15.0 Å². The van der Waals surface area contributed by atoms with Crippen LogP contribution in [0.4, 0.5) is 0 Å². The summed E-state index contributed by atoms with van der Waals surface area (Å²) in [6, 6.07) is 0. The van der Waals surface area contributed by atoms with Gasteiger partial charge < -0.3 is 5.11 Å². The Bertz CT molecular complexity index is 413. The molecule has 0 saturated heterocycles. The minimum Gasteiger partial charge on any atom is -0.383 e. The summed E-state index contributed by atoms with van der Waals surface area (Å²) in [5.41, 5.74) is 0.303. The van der Waals surface area contributed by atoms with Gasteiger partial charge in [0.1, 0.15) is 5.60 Å². The molecule has 1 aromatic rings. The zero-order chi connectivity index (χ0) is 13.4. The Morgan fingerprint density at radius 2 is 2.17 bits per heavy atom. The molecule has 2 atom stereocenters. The fraction of sp³-hybridized carbons (Fsp3) is 0.857. The van der Waals surface area contributed by atoms with Crippen molar-refractivity contribution >= 4 is 0 Å². The van der Waals surface area contributed by atoms with Gasteiger partial charge in [-0.2, -0.15) is 0 Å². The molecule has 0 radical (unpaired) electrons. The van der Waals surface area contributed by atoms with Crippen molar-refractivity contribution in [3.63, 3.8) is 0 Å². The highest BCUT2D eigenvalue weighted by atomic mass is 16.3. The maximum atomic E-state index is 11.0. The third-order valence-corrected chi connectivity index (χ3v) is 3.89. The highest BCUT2D eigenvalue weighted by Gasteiger charge is 2.44. The summed E-state index contributed by atoms with van der Waals surface area (Å²) in [6.07, 6.45) is 5.52. The lowest BCUT2D eigenvalue weighted by Crippen LogP contribution is -2.41. The number of hydrogen-bond donors (Lipinski definition) is 1. The topological polar surface area (TPSA) is 50.9 Å². The molecule has 1 aliphatic carbocycles. The van der Waals surface area contributed by atoms with Crippen LogP contribution in [0, 0.1) is 11.3 Å². The van der Waals surface area contributed by atoms with Crippen molar-refractivity contribution in [1.29, 1.82) is 0 Å². The van der Waals surface area contributed by atoms with E-state index in [4.69, 9.17) is 0 Å². The van der Waals surface area contributed by atoms with Crippen molar-refractivity contribution in [3.8, 4) is 0 Å². The van der Waals surface area contributed by atoms with Crippen molar-refractivity contribution in [3.05, 3.63) is 11.9 Å². The van der Waals surface area contributed by atoms with Crippen LogP contribution in [0.5, 0.6) is 0 Å². The van der Waals surface area contributed by atoms with Crippen LogP contribution in [0.3, 0.4) is 0 Å². The van der Waals surface area contributed by atoms with Crippen LogP contribution >= 0.6 is 0 Å². The minimum absolute atomic E-state index is 0.174. The molecule has 1 fully saturated rings. The number of aryl methyl sites for hydroxylation is 1. The van der Waals surface area contributed by atoms with Gasteiger partial charge in [-0.25, -0.2) is 4.68 Å².